The summed E-state index contributed by atoms with van der Waals surface area (Å²) in [6.45, 7) is 2.00. The van der Waals surface area contributed by atoms with Gasteiger partial charge in [0.05, 0.1) is 10.4 Å². The molecule has 1 aromatic carbocycles. The van der Waals surface area contributed by atoms with Crippen LogP contribution in [0.3, 0.4) is 0 Å². The Morgan fingerprint density at radius 2 is 1.94 bits per heavy atom. The van der Waals surface area contributed by atoms with Crippen molar-refractivity contribution in [2.45, 2.75) is 12.3 Å². The summed E-state index contributed by atoms with van der Waals surface area (Å²) in [7, 11) is 0. The summed E-state index contributed by atoms with van der Waals surface area (Å²) < 4.78 is 0. The lowest BCUT2D eigenvalue weighted by Crippen LogP contribution is -1.94. The molecule has 0 aliphatic rings. The average Bonchev–Trinajstić information content (AvgIpc) is 2.63. The van der Waals surface area contributed by atoms with Gasteiger partial charge in [0.25, 0.3) is 0 Å². The van der Waals surface area contributed by atoms with Crippen molar-refractivity contribution in [3.8, 4) is 0 Å². The van der Waals surface area contributed by atoms with Crippen molar-refractivity contribution in [1.29, 1.82) is 0 Å². The van der Waals surface area contributed by atoms with Crippen LogP contribution in [0.25, 0.3) is 0 Å². The molecule has 4 heteroatoms. The van der Waals surface area contributed by atoms with E-state index in [0.29, 0.717) is 0 Å². The van der Waals surface area contributed by atoms with Crippen molar-refractivity contribution in [3.05, 3.63) is 55.7 Å². The Hall–Kier alpha value is -0.210. The molecule has 0 aliphatic carbocycles. The summed E-state index contributed by atoms with van der Waals surface area (Å²) in [6, 6.07) is 7.57. The molecule has 1 heterocycles. The second kappa shape index (κ2) is 4.97. The Morgan fingerprint density at radius 1 is 1.19 bits per heavy atom. The zero-order valence-electron chi connectivity index (χ0n) is 8.51. The second-order valence-corrected chi connectivity index (χ2v) is 5.72. The Balaban J connectivity index is 2.41. The summed E-state index contributed by atoms with van der Waals surface area (Å²) in [5, 5.41) is 3.18. The van der Waals surface area contributed by atoms with Crippen molar-refractivity contribution in [3.63, 3.8) is 0 Å². The Kier molecular flexibility index (Phi) is 3.81. The van der Waals surface area contributed by atoms with E-state index in [1.165, 1.54) is 0 Å². The first kappa shape index (κ1) is 12.3. The van der Waals surface area contributed by atoms with Crippen LogP contribution in [0.5, 0.6) is 0 Å². The maximum atomic E-state index is 6.42. The van der Waals surface area contributed by atoms with Crippen molar-refractivity contribution >= 4 is 46.1 Å². The molecule has 2 rings (SSSR count). The highest BCUT2D eigenvalue weighted by Crippen LogP contribution is 2.38. The van der Waals surface area contributed by atoms with E-state index >= 15 is 0 Å². The highest BCUT2D eigenvalue weighted by molar-refractivity contribution is 7.11. The maximum absolute atomic E-state index is 6.42. The molecule has 84 valence electrons. The largest absolute Gasteiger partial charge is 0.145 e. The van der Waals surface area contributed by atoms with Crippen LogP contribution in [-0.4, -0.2) is 0 Å². The van der Waals surface area contributed by atoms with E-state index in [1.807, 2.05) is 36.6 Å². The third kappa shape index (κ3) is 2.38. The van der Waals surface area contributed by atoms with Gasteiger partial charge in [-0.3, -0.25) is 0 Å². The van der Waals surface area contributed by atoms with Crippen LogP contribution in [0.2, 0.25) is 10.0 Å². The average molecular weight is 292 g/mol. The molecule has 0 fully saturated rings. The lowest BCUT2D eigenvalue weighted by molar-refractivity contribution is 1.15. The SMILES string of the molecule is Cc1cc(Cl)ccc1C(Cl)c1sccc1Cl. The molecule has 0 amide bonds. The summed E-state index contributed by atoms with van der Waals surface area (Å²) in [5.74, 6) is 0. The fourth-order valence-electron chi connectivity index (χ4n) is 1.55. The molecule has 1 aromatic heterocycles. The van der Waals surface area contributed by atoms with Gasteiger partial charge in [0, 0.05) is 9.90 Å². The fraction of sp³-hybridized carbons (Fsp3) is 0.167. The van der Waals surface area contributed by atoms with Crippen LogP contribution >= 0.6 is 46.1 Å². The van der Waals surface area contributed by atoms with Crippen LogP contribution < -0.4 is 0 Å². The van der Waals surface area contributed by atoms with E-state index in [9.17, 15) is 0 Å². The third-order valence-electron chi connectivity index (χ3n) is 2.38. The van der Waals surface area contributed by atoms with Gasteiger partial charge in [-0.1, -0.05) is 29.3 Å². The number of aryl methyl sites for hydroxylation is 1. The standard InChI is InChI=1S/C12H9Cl3S/c1-7-6-8(13)2-3-9(7)11(15)12-10(14)4-5-16-12/h2-6,11H,1H3. The van der Waals surface area contributed by atoms with E-state index in [2.05, 4.69) is 0 Å². The molecule has 0 radical (unpaired) electrons. The molecule has 1 unspecified atom stereocenters. The first-order valence-electron chi connectivity index (χ1n) is 4.72. The molecule has 1 atom stereocenters. The van der Waals surface area contributed by atoms with Crippen LogP contribution in [0.1, 0.15) is 21.4 Å². The Bertz CT molecular complexity index is 505. The number of hydrogen-bond donors (Lipinski definition) is 0. The molecule has 2 aromatic rings. The summed E-state index contributed by atoms with van der Waals surface area (Å²) in [5.41, 5.74) is 2.13. The second-order valence-electron chi connectivity index (χ2n) is 3.50. The number of halogens is 3. The lowest BCUT2D eigenvalue weighted by atomic mass is 10.0. The van der Waals surface area contributed by atoms with Gasteiger partial charge in [0.15, 0.2) is 0 Å². The quantitative estimate of drug-likeness (QED) is 0.623. The maximum Gasteiger partial charge on any atom is 0.0945 e. The Morgan fingerprint density at radius 3 is 2.50 bits per heavy atom. The topological polar surface area (TPSA) is 0 Å². The molecule has 0 N–H and O–H groups in total. The van der Waals surface area contributed by atoms with E-state index in [-0.39, 0.29) is 5.38 Å². The summed E-state index contributed by atoms with van der Waals surface area (Å²) in [4.78, 5) is 0.980. The highest BCUT2D eigenvalue weighted by Gasteiger charge is 2.17. The minimum absolute atomic E-state index is 0.204. The highest BCUT2D eigenvalue weighted by atomic mass is 35.5. The number of alkyl halides is 1. The minimum atomic E-state index is -0.204. The van der Waals surface area contributed by atoms with Crippen molar-refractivity contribution in [2.24, 2.45) is 0 Å². The zero-order valence-corrected chi connectivity index (χ0v) is 11.6. The van der Waals surface area contributed by atoms with Gasteiger partial charge < -0.3 is 0 Å². The minimum Gasteiger partial charge on any atom is -0.145 e. The normalized spacial score (nSPS) is 12.8. The Labute approximate surface area is 114 Å². The number of hydrogen-bond acceptors (Lipinski definition) is 1. The molecule has 0 bridgehead atoms. The molecule has 0 aliphatic heterocycles. The van der Waals surface area contributed by atoms with Crippen molar-refractivity contribution in [1.82, 2.24) is 0 Å². The van der Waals surface area contributed by atoms with Crippen molar-refractivity contribution in [2.75, 3.05) is 0 Å². The van der Waals surface area contributed by atoms with Crippen molar-refractivity contribution < 1.29 is 0 Å². The van der Waals surface area contributed by atoms with Crippen LogP contribution in [0.4, 0.5) is 0 Å². The summed E-state index contributed by atoms with van der Waals surface area (Å²) in [6.07, 6.45) is 0. The monoisotopic (exact) mass is 290 g/mol. The molecule has 0 spiro atoms. The number of rotatable bonds is 2. The van der Waals surface area contributed by atoms with E-state index < -0.39 is 0 Å². The number of thiophene rings is 1. The molecule has 0 nitrogen and oxygen atoms in total. The van der Waals surface area contributed by atoms with Gasteiger partial charge in [0.2, 0.25) is 0 Å². The molecular formula is C12H9Cl3S. The van der Waals surface area contributed by atoms with Crippen LogP contribution in [0, 0.1) is 6.92 Å². The predicted molar refractivity (Wildman–Crippen MR) is 73.2 cm³/mol. The summed E-state index contributed by atoms with van der Waals surface area (Å²) >= 11 is 20.0. The third-order valence-corrected chi connectivity index (χ3v) is 4.62. The van der Waals surface area contributed by atoms with E-state index in [0.717, 1.165) is 26.0 Å². The van der Waals surface area contributed by atoms with Crippen LogP contribution in [0.15, 0.2) is 29.6 Å². The molecule has 0 saturated carbocycles. The number of benzene rings is 1. The van der Waals surface area contributed by atoms with Crippen LogP contribution in [-0.2, 0) is 0 Å². The molecular weight excluding hydrogens is 283 g/mol. The van der Waals surface area contributed by atoms with Gasteiger partial charge in [-0.25, -0.2) is 0 Å². The van der Waals surface area contributed by atoms with E-state index in [4.69, 9.17) is 34.8 Å². The first-order valence-corrected chi connectivity index (χ1v) is 6.80. The smallest absolute Gasteiger partial charge is 0.0945 e. The van der Waals surface area contributed by atoms with Gasteiger partial charge in [-0.2, -0.15) is 0 Å². The molecule has 0 saturated heterocycles. The fourth-order valence-corrected chi connectivity index (χ4v) is 3.51. The van der Waals surface area contributed by atoms with E-state index in [1.54, 1.807) is 11.3 Å². The molecule has 16 heavy (non-hydrogen) atoms. The zero-order chi connectivity index (χ0) is 11.7. The van der Waals surface area contributed by atoms with Gasteiger partial charge >= 0.3 is 0 Å². The van der Waals surface area contributed by atoms with Gasteiger partial charge in [0.1, 0.15) is 0 Å². The van der Waals surface area contributed by atoms with Gasteiger partial charge in [-0.15, -0.1) is 22.9 Å². The van der Waals surface area contributed by atoms with Gasteiger partial charge in [-0.05, 0) is 41.6 Å². The predicted octanol–water partition coefficient (Wildman–Crippen LogP) is 5.69. The lowest BCUT2D eigenvalue weighted by Gasteiger charge is -2.12. The first-order chi connectivity index (χ1) is 7.59.